The van der Waals surface area contributed by atoms with Gasteiger partial charge in [0.2, 0.25) is 0 Å². The molecule has 1 N–H and O–H groups in total. The molecule has 2 rings (SSSR count). The lowest BCUT2D eigenvalue weighted by molar-refractivity contribution is -0.125. The van der Waals surface area contributed by atoms with Crippen LogP contribution in [0.25, 0.3) is 0 Å². The molecule has 3 unspecified atom stereocenters. The van der Waals surface area contributed by atoms with E-state index in [-0.39, 0.29) is 5.41 Å². The van der Waals surface area contributed by atoms with Gasteiger partial charge in [0.1, 0.15) is 0 Å². The van der Waals surface area contributed by atoms with Crippen LogP contribution < -0.4 is 5.32 Å². The second-order valence-electron chi connectivity index (χ2n) is 6.77. The third kappa shape index (κ3) is 3.39. The summed E-state index contributed by atoms with van der Waals surface area (Å²) in [6, 6.07) is 3.20. The third-order valence-corrected chi connectivity index (χ3v) is 5.00. The number of ether oxygens (including phenoxy) is 1. The monoisotopic (exact) mass is 281 g/mol. The van der Waals surface area contributed by atoms with E-state index in [9.17, 15) is 0 Å². The van der Waals surface area contributed by atoms with Crippen molar-refractivity contribution in [1.29, 1.82) is 0 Å². The van der Waals surface area contributed by atoms with E-state index >= 15 is 0 Å². The molecule has 19 heavy (non-hydrogen) atoms. The summed E-state index contributed by atoms with van der Waals surface area (Å²) in [5.41, 5.74) is 1.63. The number of hydrogen-bond acceptors (Lipinski definition) is 3. The molecule has 0 bridgehead atoms. The molecule has 0 aliphatic heterocycles. The summed E-state index contributed by atoms with van der Waals surface area (Å²) in [6.45, 7) is 12.2. The van der Waals surface area contributed by atoms with Crippen LogP contribution in [0, 0.1) is 11.3 Å². The van der Waals surface area contributed by atoms with Crippen LogP contribution in [0.3, 0.4) is 0 Å². The zero-order valence-corrected chi connectivity index (χ0v) is 13.6. The van der Waals surface area contributed by atoms with E-state index in [1.807, 2.05) is 0 Å². The molecule has 1 aromatic heterocycles. The second kappa shape index (κ2) is 5.94. The van der Waals surface area contributed by atoms with E-state index in [1.54, 1.807) is 11.3 Å². The molecule has 0 amide bonds. The highest BCUT2D eigenvalue weighted by Gasteiger charge is 2.49. The Bertz CT molecular complexity index is 385. The molecule has 2 nitrogen and oxygen atoms in total. The minimum atomic E-state index is 0.235. The van der Waals surface area contributed by atoms with Crippen molar-refractivity contribution in [2.24, 2.45) is 11.3 Å². The molecule has 0 spiro atoms. The van der Waals surface area contributed by atoms with Gasteiger partial charge in [0, 0.05) is 24.1 Å². The van der Waals surface area contributed by atoms with Crippen LogP contribution in [-0.2, 0) is 4.74 Å². The first-order chi connectivity index (χ1) is 8.91. The smallest absolute Gasteiger partial charge is 0.0656 e. The van der Waals surface area contributed by atoms with Crippen molar-refractivity contribution >= 4 is 11.3 Å². The zero-order valence-electron chi connectivity index (χ0n) is 12.8. The Balaban J connectivity index is 1.84. The van der Waals surface area contributed by atoms with Gasteiger partial charge in [-0.15, -0.1) is 0 Å². The van der Waals surface area contributed by atoms with E-state index in [0.29, 0.717) is 24.1 Å². The van der Waals surface area contributed by atoms with Crippen LogP contribution in [0.4, 0.5) is 0 Å². The van der Waals surface area contributed by atoms with Crippen molar-refractivity contribution in [3.8, 4) is 0 Å². The summed E-state index contributed by atoms with van der Waals surface area (Å²) in [5, 5.41) is 8.13. The number of nitrogens with one attached hydrogen (secondary N) is 1. The van der Waals surface area contributed by atoms with Crippen LogP contribution in [0.2, 0.25) is 0 Å². The van der Waals surface area contributed by atoms with Gasteiger partial charge in [-0.05, 0) is 41.7 Å². The first kappa shape index (κ1) is 15.0. The van der Waals surface area contributed by atoms with Crippen LogP contribution in [0.1, 0.15) is 52.6 Å². The molecule has 1 saturated carbocycles. The first-order valence-corrected chi connectivity index (χ1v) is 8.25. The molecule has 1 aliphatic rings. The Kier molecular flexibility index (Phi) is 4.70. The van der Waals surface area contributed by atoms with Gasteiger partial charge < -0.3 is 10.1 Å². The maximum absolute atomic E-state index is 6.02. The number of thiophene rings is 1. The number of hydrogen-bond donors (Lipinski definition) is 1. The Labute approximate surface area is 121 Å². The van der Waals surface area contributed by atoms with Crippen molar-refractivity contribution in [1.82, 2.24) is 5.32 Å². The number of rotatable bonds is 6. The summed E-state index contributed by atoms with van der Waals surface area (Å²) in [4.78, 5) is 0. The predicted octanol–water partition coefficient (Wildman–Crippen LogP) is 4.24. The van der Waals surface area contributed by atoms with Crippen LogP contribution in [0.15, 0.2) is 16.8 Å². The van der Waals surface area contributed by atoms with E-state index in [0.717, 1.165) is 13.0 Å². The normalized spacial score (nSPS) is 27.3. The predicted molar refractivity (Wildman–Crippen MR) is 82.6 cm³/mol. The van der Waals surface area contributed by atoms with Gasteiger partial charge in [-0.25, -0.2) is 0 Å². The molecule has 3 heteroatoms. The molecule has 1 heterocycles. The summed E-state index contributed by atoms with van der Waals surface area (Å²) >= 11 is 1.77. The lowest BCUT2D eigenvalue weighted by Crippen LogP contribution is -2.61. The highest BCUT2D eigenvalue weighted by Crippen LogP contribution is 2.43. The lowest BCUT2D eigenvalue weighted by Gasteiger charge is -2.53. The van der Waals surface area contributed by atoms with Crippen LogP contribution in [0.5, 0.6) is 0 Å². The van der Waals surface area contributed by atoms with Gasteiger partial charge in [0.15, 0.2) is 0 Å². The molecule has 1 aliphatic carbocycles. The molecule has 1 aromatic rings. The topological polar surface area (TPSA) is 21.3 Å². The molecule has 0 saturated heterocycles. The molecule has 0 aromatic carbocycles. The molecular formula is C16H27NOS. The Morgan fingerprint density at radius 1 is 1.42 bits per heavy atom. The van der Waals surface area contributed by atoms with E-state index < -0.39 is 0 Å². The Morgan fingerprint density at radius 2 is 2.16 bits per heavy atom. The van der Waals surface area contributed by atoms with Crippen molar-refractivity contribution in [3.05, 3.63) is 22.4 Å². The Morgan fingerprint density at radius 3 is 2.68 bits per heavy atom. The minimum Gasteiger partial charge on any atom is -0.377 e. The average molecular weight is 281 g/mol. The minimum absolute atomic E-state index is 0.235. The SMILES string of the molecule is CC(C)COC1CC(NC(C)c2ccsc2)C1(C)C. The van der Waals surface area contributed by atoms with Gasteiger partial charge in [-0.2, -0.15) is 11.3 Å². The van der Waals surface area contributed by atoms with Crippen molar-refractivity contribution in [2.45, 2.75) is 59.2 Å². The maximum atomic E-state index is 6.02. The van der Waals surface area contributed by atoms with Crippen LogP contribution in [-0.4, -0.2) is 18.8 Å². The highest BCUT2D eigenvalue weighted by molar-refractivity contribution is 7.07. The largest absolute Gasteiger partial charge is 0.377 e. The summed E-state index contributed by atoms with van der Waals surface area (Å²) in [7, 11) is 0. The van der Waals surface area contributed by atoms with E-state index in [1.165, 1.54) is 5.56 Å². The van der Waals surface area contributed by atoms with Crippen molar-refractivity contribution < 1.29 is 4.74 Å². The average Bonchev–Trinajstić information content (AvgIpc) is 2.85. The Hall–Kier alpha value is -0.380. The van der Waals surface area contributed by atoms with E-state index in [4.69, 9.17) is 4.74 Å². The van der Waals surface area contributed by atoms with Gasteiger partial charge in [-0.1, -0.05) is 27.7 Å². The summed E-state index contributed by atoms with van der Waals surface area (Å²) in [5.74, 6) is 0.618. The fraction of sp³-hybridized carbons (Fsp3) is 0.750. The molecule has 0 radical (unpaired) electrons. The van der Waals surface area contributed by atoms with Crippen molar-refractivity contribution in [2.75, 3.05) is 6.61 Å². The second-order valence-corrected chi connectivity index (χ2v) is 7.55. The molecule has 108 valence electrons. The van der Waals surface area contributed by atoms with E-state index in [2.05, 4.69) is 56.8 Å². The molecular weight excluding hydrogens is 254 g/mol. The highest BCUT2D eigenvalue weighted by atomic mass is 32.1. The quantitative estimate of drug-likeness (QED) is 0.842. The molecule has 1 fully saturated rings. The fourth-order valence-electron chi connectivity index (χ4n) is 2.68. The lowest BCUT2D eigenvalue weighted by atomic mass is 9.64. The van der Waals surface area contributed by atoms with Gasteiger partial charge >= 0.3 is 0 Å². The zero-order chi connectivity index (χ0) is 14.0. The summed E-state index contributed by atoms with van der Waals surface area (Å²) < 4.78 is 6.02. The molecule has 3 atom stereocenters. The van der Waals surface area contributed by atoms with Gasteiger partial charge in [-0.3, -0.25) is 0 Å². The van der Waals surface area contributed by atoms with Gasteiger partial charge in [0.25, 0.3) is 0 Å². The fourth-order valence-corrected chi connectivity index (χ4v) is 3.43. The maximum Gasteiger partial charge on any atom is 0.0656 e. The van der Waals surface area contributed by atoms with Gasteiger partial charge in [0.05, 0.1) is 6.10 Å². The third-order valence-electron chi connectivity index (χ3n) is 4.30. The standard InChI is InChI=1S/C16H27NOS/c1-11(2)9-18-15-8-14(16(15,4)5)17-12(3)13-6-7-19-10-13/h6-7,10-12,14-15,17H,8-9H2,1-5H3. The first-order valence-electron chi connectivity index (χ1n) is 7.31. The van der Waals surface area contributed by atoms with Crippen molar-refractivity contribution in [3.63, 3.8) is 0 Å². The van der Waals surface area contributed by atoms with Crippen LogP contribution >= 0.6 is 11.3 Å². The summed E-state index contributed by atoms with van der Waals surface area (Å²) in [6.07, 6.45) is 1.54.